The van der Waals surface area contributed by atoms with Crippen molar-refractivity contribution in [3.05, 3.63) is 0 Å². The zero-order valence-electron chi connectivity index (χ0n) is 11.2. The van der Waals surface area contributed by atoms with Crippen LogP contribution in [0, 0.1) is 0 Å². The van der Waals surface area contributed by atoms with Crippen LogP contribution in [0.3, 0.4) is 0 Å². The lowest BCUT2D eigenvalue weighted by molar-refractivity contribution is -0.121. The molecule has 18 heavy (non-hydrogen) atoms. The Morgan fingerprint density at radius 3 is 2.33 bits per heavy atom. The fraction of sp³-hybridized carbons (Fsp3) is 0.600. The number of rotatable bonds is 5. The molecule has 8 nitrogen and oxygen atoms in total. The van der Waals surface area contributed by atoms with Gasteiger partial charge in [0.1, 0.15) is 12.3 Å². The summed E-state index contributed by atoms with van der Waals surface area (Å²) in [5, 5.41) is 9.35. The standard InChI is InChI=1S/C10H18N4O4/c1-6-17-12-7(2)8(9(15)14(4)5)13-18-10(16)11-3/h6H2,1-5H3,(H,11,16)/b12-7-,13-8+. The van der Waals surface area contributed by atoms with E-state index in [1.165, 1.54) is 18.9 Å². The van der Waals surface area contributed by atoms with Gasteiger partial charge in [0.05, 0.1) is 0 Å². The first-order valence-electron chi connectivity index (χ1n) is 5.29. The minimum Gasteiger partial charge on any atom is -0.396 e. The van der Waals surface area contributed by atoms with Crippen LogP contribution in [0.5, 0.6) is 0 Å². The van der Waals surface area contributed by atoms with E-state index in [2.05, 4.69) is 20.5 Å². The maximum atomic E-state index is 11.8. The molecular formula is C10H18N4O4. The number of carbonyl (C=O) groups excluding carboxylic acids is 2. The van der Waals surface area contributed by atoms with E-state index >= 15 is 0 Å². The van der Waals surface area contributed by atoms with Gasteiger partial charge >= 0.3 is 6.09 Å². The average Bonchev–Trinajstić information content (AvgIpc) is 2.35. The highest BCUT2D eigenvalue weighted by Gasteiger charge is 2.19. The molecule has 8 heteroatoms. The van der Waals surface area contributed by atoms with E-state index in [1.54, 1.807) is 21.0 Å². The van der Waals surface area contributed by atoms with Crippen molar-refractivity contribution >= 4 is 23.4 Å². The molecule has 0 aromatic rings. The van der Waals surface area contributed by atoms with Gasteiger partial charge in [-0.15, -0.1) is 0 Å². The Bertz CT molecular complexity index is 363. The minimum atomic E-state index is -0.775. The van der Waals surface area contributed by atoms with Gasteiger partial charge in [-0.25, -0.2) is 4.79 Å². The van der Waals surface area contributed by atoms with E-state index in [1.807, 2.05) is 0 Å². The lowest BCUT2D eigenvalue weighted by Gasteiger charge is -2.11. The molecule has 0 aromatic carbocycles. The molecular weight excluding hydrogens is 240 g/mol. The molecule has 102 valence electrons. The second-order valence-corrected chi connectivity index (χ2v) is 3.36. The number of hydrogen-bond acceptors (Lipinski definition) is 6. The molecule has 0 radical (unpaired) electrons. The summed E-state index contributed by atoms with van der Waals surface area (Å²) in [6.45, 7) is 3.64. The summed E-state index contributed by atoms with van der Waals surface area (Å²) in [5.41, 5.74) is 0.122. The van der Waals surface area contributed by atoms with Gasteiger partial charge in [0, 0.05) is 21.1 Å². The zero-order chi connectivity index (χ0) is 14.1. The normalized spacial score (nSPS) is 11.8. The Balaban J connectivity index is 5.05. The van der Waals surface area contributed by atoms with E-state index in [0.29, 0.717) is 6.61 Å². The van der Waals surface area contributed by atoms with Crippen LogP contribution in [0.15, 0.2) is 10.3 Å². The first kappa shape index (κ1) is 15.9. The number of nitrogens with one attached hydrogen (secondary N) is 1. The summed E-state index contributed by atoms with van der Waals surface area (Å²) in [6, 6.07) is 0. The third kappa shape index (κ3) is 5.28. The van der Waals surface area contributed by atoms with Gasteiger partial charge in [-0.3, -0.25) is 9.63 Å². The van der Waals surface area contributed by atoms with Crippen molar-refractivity contribution in [1.82, 2.24) is 10.2 Å². The van der Waals surface area contributed by atoms with Crippen LogP contribution >= 0.6 is 0 Å². The first-order valence-corrected chi connectivity index (χ1v) is 5.29. The topological polar surface area (TPSA) is 92.6 Å². The van der Waals surface area contributed by atoms with Crippen molar-refractivity contribution in [2.24, 2.45) is 10.3 Å². The highest BCUT2D eigenvalue weighted by atomic mass is 16.7. The second kappa shape index (κ2) is 8.04. The lowest BCUT2D eigenvalue weighted by atomic mass is 10.2. The van der Waals surface area contributed by atoms with Crippen molar-refractivity contribution < 1.29 is 19.3 Å². The third-order valence-electron chi connectivity index (χ3n) is 1.71. The number of carbonyl (C=O) groups is 2. The molecule has 0 atom stereocenters. The highest BCUT2D eigenvalue weighted by molar-refractivity contribution is 6.66. The number of amides is 2. The van der Waals surface area contributed by atoms with Gasteiger partial charge in [0.25, 0.3) is 5.91 Å². The fourth-order valence-corrected chi connectivity index (χ4v) is 0.809. The predicted molar refractivity (Wildman–Crippen MR) is 66.4 cm³/mol. The van der Waals surface area contributed by atoms with Crippen molar-refractivity contribution in [3.8, 4) is 0 Å². The smallest absolute Gasteiger partial charge is 0.396 e. The summed E-state index contributed by atoms with van der Waals surface area (Å²) < 4.78 is 0. The predicted octanol–water partition coefficient (Wildman–Crippen LogP) is 0.199. The van der Waals surface area contributed by atoms with Crippen molar-refractivity contribution in [2.45, 2.75) is 13.8 Å². The average molecular weight is 258 g/mol. The molecule has 0 aliphatic rings. The maximum absolute atomic E-state index is 11.8. The zero-order valence-corrected chi connectivity index (χ0v) is 11.2. The summed E-state index contributed by atoms with van der Waals surface area (Å²) in [7, 11) is 4.48. The van der Waals surface area contributed by atoms with Crippen LogP contribution in [0.25, 0.3) is 0 Å². The van der Waals surface area contributed by atoms with Crippen molar-refractivity contribution in [2.75, 3.05) is 27.7 Å². The Hall–Kier alpha value is -2.12. The molecule has 0 aliphatic heterocycles. The second-order valence-electron chi connectivity index (χ2n) is 3.36. The Morgan fingerprint density at radius 2 is 1.89 bits per heavy atom. The summed E-state index contributed by atoms with van der Waals surface area (Å²) in [5.74, 6) is -0.445. The molecule has 0 aliphatic carbocycles. The minimum absolute atomic E-state index is 0.1000. The van der Waals surface area contributed by atoms with Crippen molar-refractivity contribution in [1.29, 1.82) is 0 Å². The maximum Gasteiger partial charge on any atom is 0.433 e. The van der Waals surface area contributed by atoms with E-state index in [-0.39, 0.29) is 11.4 Å². The Morgan fingerprint density at radius 1 is 1.28 bits per heavy atom. The molecule has 0 saturated carbocycles. The Kier molecular flexibility index (Phi) is 7.10. The van der Waals surface area contributed by atoms with Gasteiger partial charge < -0.3 is 15.1 Å². The van der Waals surface area contributed by atoms with Crippen LogP contribution in [-0.2, 0) is 14.5 Å². The third-order valence-corrected chi connectivity index (χ3v) is 1.71. The van der Waals surface area contributed by atoms with Crippen LogP contribution in [-0.4, -0.2) is 56.1 Å². The molecule has 0 spiro atoms. The van der Waals surface area contributed by atoms with Crippen LogP contribution < -0.4 is 5.32 Å². The lowest BCUT2D eigenvalue weighted by Crippen LogP contribution is -2.35. The van der Waals surface area contributed by atoms with Crippen molar-refractivity contribution in [3.63, 3.8) is 0 Å². The van der Waals surface area contributed by atoms with Crippen LogP contribution in [0.1, 0.15) is 13.8 Å². The molecule has 0 bridgehead atoms. The monoisotopic (exact) mass is 258 g/mol. The molecule has 0 saturated heterocycles. The number of oxime groups is 2. The van der Waals surface area contributed by atoms with Crippen LogP contribution in [0.2, 0.25) is 0 Å². The van der Waals surface area contributed by atoms with E-state index < -0.39 is 12.0 Å². The van der Waals surface area contributed by atoms with Gasteiger partial charge in [0.15, 0.2) is 5.71 Å². The molecule has 0 fully saturated rings. The molecule has 0 aromatic heterocycles. The van der Waals surface area contributed by atoms with Gasteiger partial charge in [-0.05, 0) is 13.8 Å². The SMILES string of the molecule is CCO/N=C(C)\C(=N/OC(=O)NC)C(=O)N(C)C. The molecule has 2 amide bonds. The van der Waals surface area contributed by atoms with E-state index in [9.17, 15) is 9.59 Å². The fourth-order valence-electron chi connectivity index (χ4n) is 0.809. The van der Waals surface area contributed by atoms with Gasteiger partial charge in [-0.2, -0.15) is 0 Å². The largest absolute Gasteiger partial charge is 0.433 e. The summed E-state index contributed by atoms with van der Waals surface area (Å²) in [4.78, 5) is 33.3. The Labute approximate surface area is 106 Å². The first-order chi connectivity index (χ1) is 8.43. The summed E-state index contributed by atoms with van der Waals surface area (Å²) in [6.07, 6.45) is -0.775. The molecule has 0 unspecified atom stereocenters. The highest BCUT2D eigenvalue weighted by Crippen LogP contribution is 1.94. The number of nitrogens with zero attached hydrogens (tertiary/aromatic N) is 3. The van der Waals surface area contributed by atoms with E-state index in [0.717, 1.165) is 0 Å². The van der Waals surface area contributed by atoms with Gasteiger partial charge in [-0.1, -0.05) is 10.3 Å². The molecule has 1 N–H and O–H groups in total. The quantitative estimate of drug-likeness (QED) is 0.433. The van der Waals surface area contributed by atoms with Gasteiger partial charge in [0.2, 0.25) is 0 Å². The number of hydrogen-bond donors (Lipinski definition) is 1. The van der Waals surface area contributed by atoms with E-state index in [4.69, 9.17) is 4.84 Å². The molecule has 0 rings (SSSR count). The summed E-state index contributed by atoms with van der Waals surface area (Å²) >= 11 is 0. The molecule has 0 heterocycles. The van der Waals surface area contributed by atoms with Crippen LogP contribution in [0.4, 0.5) is 4.79 Å².